The van der Waals surface area contributed by atoms with Gasteiger partial charge in [0.2, 0.25) is 0 Å². The first-order valence-corrected chi connectivity index (χ1v) is 7.92. The van der Waals surface area contributed by atoms with Crippen LogP contribution in [0.2, 0.25) is 0 Å². The van der Waals surface area contributed by atoms with Crippen molar-refractivity contribution in [1.82, 2.24) is 9.55 Å². The third-order valence-corrected chi connectivity index (χ3v) is 4.34. The molecule has 0 atom stereocenters. The van der Waals surface area contributed by atoms with Gasteiger partial charge in [0.05, 0.1) is 18.2 Å². The fraction of sp³-hybridized carbons (Fsp3) is 0.235. The topological polar surface area (TPSA) is 27.1 Å². The first-order chi connectivity index (χ1) is 10.3. The first-order valence-electron chi connectivity index (χ1n) is 7.12. The van der Waals surface area contributed by atoms with Gasteiger partial charge in [-0.3, -0.25) is 0 Å². The molecule has 106 valence electrons. The van der Waals surface area contributed by atoms with E-state index in [1.165, 1.54) is 23.6 Å². The van der Waals surface area contributed by atoms with Gasteiger partial charge >= 0.3 is 0 Å². The van der Waals surface area contributed by atoms with E-state index in [1.807, 2.05) is 24.7 Å². The molecule has 0 radical (unpaired) electrons. The van der Waals surface area contributed by atoms with Crippen molar-refractivity contribution in [2.45, 2.75) is 25.5 Å². The molecule has 1 aliphatic rings. The molecular weight excluding hydrogens is 328 g/mol. The molecule has 0 amide bonds. The molecule has 1 saturated carbocycles. The number of nitrogens with zero attached hydrogens (tertiary/aromatic N) is 2. The molecule has 1 heterocycles. The van der Waals surface area contributed by atoms with Crippen molar-refractivity contribution in [2.24, 2.45) is 0 Å². The summed E-state index contributed by atoms with van der Waals surface area (Å²) in [4.78, 5) is 4.23. The van der Waals surface area contributed by atoms with E-state index >= 15 is 0 Å². The maximum Gasteiger partial charge on any atom is 0.130 e. The van der Waals surface area contributed by atoms with Gasteiger partial charge in [0, 0.05) is 10.5 Å². The number of hydrogen-bond acceptors (Lipinski definition) is 2. The van der Waals surface area contributed by atoms with Crippen LogP contribution in [-0.2, 0) is 6.61 Å². The smallest absolute Gasteiger partial charge is 0.130 e. The molecule has 0 bridgehead atoms. The Morgan fingerprint density at radius 3 is 2.81 bits per heavy atom. The molecule has 2 aromatic carbocycles. The normalized spacial score (nSPS) is 14.5. The van der Waals surface area contributed by atoms with E-state index in [9.17, 15) is 0 Å². The van der Waals surface area contributed by atoms with E-state index in [-0.39, 0.29) is 0 Å². The zero-order valence-electron chi connectivity index (χ0n) is 11.5. The van der Waals surface area contributed by atoms with Crippen LogP contribution < -0.4 is 4.74 Å². The molecule has 1 aromatic heterocycles. The number of hydrogen-bond donors (Lipinski definition) is 0. The minimum absolute atomic E-state index is 0.568. The van der Waals surface area contributed by atoms with Crippen LogP contribution >= 0.6 is 15.9 Å². The predicted octanol–water partition coefficient (Wildman–Crippen LogP) is 4.71. The third-order valence-electron chi connectivity index (χ3n) is 3.85. The monoisotopic (exact) mass is 342 g/mol. The quantitative estimate of drug-likeness (QED) is 0.686. The van der Waals surface area contributed by atoms with Crippen molar-refractivity contribution >= 4 is 26.7 Å². The summed E-state index contributed by atoms with van der Waals surface area (Å²) in [5.41, 5.74) is 1.15. The van der Waals surface area contributed by atoms with Gasteiger partial charge < -0.3 is 9.30 Å². The minimum Gasteiger partial charge on any atom is -0.487 e. The largest absolute Gasteiger partial charge is 0.487 e. The summed E-state index contributed by atoms with van der Waals surface area (Å²) in [7, 11) is 0. The predicted molar refractivity (Wildman–Crippen MR) is 86.5 cm³/mol. The van der Waals surface area contributed by atoms with Crippen molar-refractivity contribution in [3.05, 3.63) is 59.1 Å². The molecule has 1 fully saturated rings. The maximum absolute atomic E-state index is 5.93. The fourth-order valence-electron chi connectivity index (χ4n) is 2.57. The van der Waals surface area contributed by atoms with E-state index < -0.39 is 0 Å². The van der Waals surface area contributed by atoms with Crippen LogP contribution in [0.15, 0.2) is 53.4 Å². The molecule has 3 nitrogen and oxygen atoms in total. The van der Waals surface area contributed by atoms with Crippen LogP contribution in [0.1, 0.15) is 24.6 Å². The van der Waals surface area contributed by atoms with Crippen molar-refractivity contribution < 1.29 is 4.74 Å². The van der Waals surface area contributed by atoms with Gasteiger partial charge in [-0.25, -0.2) is 4.98 Å². The molecule has 21 heavy (non-hydrogen) atoms. The van der Waals surface area contributed by atoms with Gasteiger partial charge in [0.25, 0.3) is 0 Å². The Morgan fingerprint density at radius 2 is 1.95 bits per heavy atom. The van der Waals surface area contributed by atoms with Gasteiger partial charge in [0.1, 0.15) is 12.4 Å². The maximum atomic E-state index is 5.93. The Labute approximate surface area is 131 Å². The Balaban J connectivity index is 1.54. The van der Waals surface area contributed by atoms with E-state index in [4.69, 9.17) is 4.74 Å². The lowest BCUT2D eigenvalue weighted by atomic mass is 10.1. The van der Waals surface area contributed by atoms with Gasteiger partial charge in [-0.2, -0.15) is 0 Å². The molecule has 4 heteroatoms. The van der Waals surface area contributed by atoms with Crippen LogP contribution in [0.5, 0.6) is 5.75 Å². The average molecular weight is 343 g/mol. The lowest BCUT2D eigenvalue weighted by molar-refractivity contribution is 0.295. The fourth-order valence-corrected chi connectivity index (χ4v) is 2.95. The summed E-state index contributed by atoms with van der Waals surface area (Å²) in [6.07, 6.45) is 6.33. The van der Waals surface area contributed by atoms with Crippen LogP contribution in [-0.4, -0.2) is 9.55 Å². The molecule has 3 aromatic rings. The minimum atomic E-state index is 0.568. The highest BCUT2D eigenvalue weighted by Gasteiger charge is 2.25. The van der Waals surface area contributed by atoms with E-state index in [1.54, 1.807) is 0 Å². The number of halogens is 1. The summed E-state index contributed by atoms with van der Waals surface area (Å²) in [6, 6.07) is 13.1. The zero-order valence-corrected chi connectivity index (χ0v) is 13.1. The number of rotatable bonds is 4. The number of ether oxygens (including phenoxy) is 1. The first kappa shape index (κ1) is 12.9. The second kappa shape index (κ2) is 5.19. The van der Waals surface area contributed by atoms with Crippen LogP contribution in [0.25, 0.3) is 10.8 Å². The van der Waals surface area contributed by atoms with Gasteiger partial charge in [0.15, 0.2) is 0 Å². The lowest BCUT2D eigenvalue weighted by Gasteiger charge is -2.09. The Morgan fingerprint density at radius 1 is 1.14 bits per heavy atom. The molecule has 0 spiro atoms. The molecular formula is C17H15BrN2O. The van der Waals surface area contributed by atoms with E-state index in [0.29, 0.717) is 12.6 Å². The molecule has 0 unspecified atom stereocenters. The third kappa shape index (κ3) is 2.68. The van der Waals surface area contributed by atoms with Gasteiger partial charge in [-0.15, -0.1) is 0 Å². The highest BCUT2D eigenvalue weighted by molar-refractivity contribution is 9.10. The van der Waals surface area contributed by atoms with E-state index in [0.717, 1.165) is 15.9 Å². The highest BCUT2D eigenvalue weighted by atomic mass is 79.9. The lowest BCUT2D eigenvalue weighted by Crippen LogP contribution is -2.03. The Kier molecular flexibility index (Phi) is 3.19. The molecule has 0 saturated heterocycles. The van der Waals surface area contributed by atoms with Crippen LogP contribution in [0, 0.1) is 0 Å². The molecule has 4 rings (SSSR count). The summed E-state index contributed by atoms with van der Waals surface area (Å²) in [5.74, 6) is 0.897. The SMILES string of the molecule is Brc1ccc2cc(OCc3cncn3C3CC3)ccc2c1. The molecule has 0 aliphatic heterocycles. The summed E-state index contributed by atoms with van der Waals surface area (Å²) >= 11 is 3.49. The average Bonchev–Trinajstić information content (AvgIpc) is 3.23. The molecule has 0 N–H and O–H groups in total. The Bertz CT molecular complexity index is 792. The van der Waals surface area contributed by atoms with Crippen molar-refractivity contribution in [1.29, 1.82) is 0 Å². The number of benzene rings is 2. The zero-order chi connectivity index (χ0) is 14.2. The van der Waals surface area contributed by atoms with Crippen LogP contribution in [0.4, 0.5) is 0 Å². The number of aromatic nitrogens is 2. The van der Waals surface area contributed by atoms with Crippen molar-refractivity contribution in [3.8, 4) is 5.75 Å². The van der Waals surface area contributed by atoms with E-state index in [2.05, 4.69) is 49.7 Å². The summed E-state index contributed by atoms with van der Waals surface area (Å²) in [6.45, 7) is 0.568. The summed E-state index contributed by atoms with van der Waals surface area (Å²) < 4.78 is 9.26. The van der Waals surface area contributed by atoms with Gasteiger partial charge in [-0.1, -0.05) is 28.1 Å². The second-order valence-corrected chi connectivity index (χ2v) is 6.38. The van der Waals surface area contributed by atoms with Gasteiger partial charge in [-0.05, 0) is 47.9 Å². The Hall–Kier alpha value is -1.81. The van der Waals surface area contributed by atoms with Crippen molar-refractivity contribution in [3.63, 3.8) is 0 Å². The molecule has 1 aliphatic carbocycles. The highest BCUT2D eigenvalue weighted by Crippen LogP contribution is 2.35. The van der Waals surface area contributed by atoms with Crippen LogP contribution in [0.3, 0.4) is 0 Å². The summed E-state index contributed by atoms with van der Waals surface area (Å²) in [5, 5.41) is 2.39. The number of imidazole rings is 1. The second-order valence-electron chi connectivity index (χ2n) is 5.47. The standard InChI is InChI=1S/C17H15BrN2O/c18-14-3-1-13-8-17(6-2-12(13)7-14)21-10-16-9-19-11-20(16)15-4-5-15/h1-3,6-9,11,15H,4-5,10H2. The number of fused-ring (bicyclic) bond motifs is 1. The van der Waals surface area contributed by atoms with Crippen molar-refractivity contribution in [2.75, 3.05) is 0 Å².